The molecule has 2 heterocycles. The van der Waals surface area contributed by atoms with Crippen molar-refractivity contribution in [1.29, 1.82) is 0 Å². The zero-order chi connectivity index (χ0) is 24.0. The number of hydrogen-bond donors (Lipinski definition) is 1. The van der Waals surface area contributed by atoms with Gasteiger partial charge in [0.05, 0.1) is 21.0 Å². The highest BCUT2D eigenvalue weighted by molar-refractivity contribution is 7.18. The van der Waals surface area contributed by atoms with Gasteiger partial charge in [0.1, 0.15) is 27.8 Å². The Balaban J connectivity index is 1.41. The largest absolute Gasteiger partial charge is 0.460 e. The summed E-state index contributed by atoms with van der Waals surface area (Å²) >= 11 is 7.26. The summed E-state index contributed by atoms with van der Waals surface area (Å²) < 4.78 is 25.7. The lowest BCUT2D eigenvalue weighted by Crippen LogP contribution is -2.12. The number of carbonyl (C=O) groups excluding carboxylic acids is 2. The summed E-state index contributed by atoms with van der Waals surface area (Å²) in [5, 5.41) is 3.66. The molecule has 34 heavy (non-hydrogen) atoms. The van der Waals surface area contributed by atoms with E-state index in [0.29, 0.717) is 9.88 Å². The molecule has 2 aromatic heterocycles. The Kier molecular flexibility index (Phi) is 5.71. The van der Waals surface area contributed by atoms with E-state index in [0.717, 1.165) is 24.2 Å². The van der Waals surface area contributed by atoms with Gasteiger partial charge in [0.25, 0.3) is 0 Å². The molecule has 0 radical (unpaired) electrons. The minimum absolute atomic E-state index is 0.0184. The molecule has 0 saturated heterocycles. The Bertz CT molecular complexity index is 1500. The monoisotopic (exact) mass is 497 g/mol. The third-order valence-electron chi connectivity index (χ3n) is 5.46. The molecule has 1 aliphatic rings. The number of benzene rings is 2. The summed E-state index contributed by atoms with van der Waals surface area (Å²) in [5.41, 5.74) is -0.236. The Morgan fingerprint density at radius 3 is 2.68 bits per heavy atom. The van der Waals surface area contributed by atoms with Gasteiger partial charge in [-0.1, -0.05) is 17.7 Å². The van der Waals surface area contributed by atoms with E-state index in [1.165, 1.54) is 36.4 Å². The second-order valence-corrected chi connectivity index (χ2v) is 9.42. The Labute approximate surface area is 201 Å². The van der Waals surface area contributed by atoms with E-state index in [2.05, 4.69) is 5.32 Å². The van der Waals surface area contributed by atoms with Crippen molar-refractivity contribution < 1.29 is 23.1 Å². The van der Waals surface area contributed by atoms with Crippen LogP contribution in [-0.2, 0) is 4.79 Å². The highest BCUT2D eigenvalue weighted by Crippen LogP contribution is 2.34. The van der Waals surface area contributed by atoms with Crippen LogP contribution in [0.15, 0.2) is 57.7 Å². The first-order valence-electron chi connectivity index (χ1n) is 10.5. The first-order chi connectivity index (χ1) is 16.3. The molecule has 0 aliphatic heterocycles. The fourth-order valence-electron chi connectivity index (χ4n) is 3.62. The van der Waals surface area contributed by atoms with E-state index >= 15 is 0 Å². The number of fused-ring (bicyclic) bond motifs is 1. The van der Waals surface area contributed by atoms with Crippen molar-refractivity contribution >= 4 is 50.8 Å². The maximum absolute atomic E-state index is 14.4. The predicted molar refractivity (Wildman–Crippen MR) is 128 cm³/mol. The number of ether oxygens (including phenoxy) is 1. The van der Waals surface area contributed by atoms with Gasteiger partial charge in [0.15, 0.2) is 0 Å². The van der Waals surface area contributed by atoms with Crippen LogP contribution in [0.5, 0.6) is 5.75 Å². The van der Waals surface area contributed by atoms with Crippen LogP contribution in [0.3, 0.4) is 0 Å². The number of thiophene rings is 1. The van der Waals surface area contributed by atoms with Crippen molar-refractivity contribution in [3.8, 4) is 16.9 Å². The fraction of sp³-hybridized carbons (Fsp3) is 0.160. The molecule has 6 nitrogen and oxygen atoms in total. The fourth-order valence-corrected chi connectivity index (χ4v) is 4.66. The van der Waals surface area contributed by atoms with Crippen molar-refractivity contribution in [2.45, 2.75) is 19.8 Å². The lowest BCUT2D eigenvalue weighted by atomic mass is 10.0. The number of esters is 1. The average Bonchev–Trinajstić information content (AvgIpc) is 3.54. The Morgan fingerprint density at radius 2 is 1.94 bits per heavy atom. The third kappa shape index (κ3) is 4.22. The van der Waals surface area contributed by atoms with Crippen LogP contribution >= 0.6 is 22.9 Å². The van der Waals surface area contributed by atoms with Gasteiger partial charge >= 0.3 is 5.97 Å². The van der Waals surface area contributed by atoms with Crippen LogP contribution in [0.2, 0.25) is 5.02 Å². The molecule has 5 rings (SSSR count). The van der Waals surface area contributed by atoms with Gasteiger partial charge in [-0.2, -0.15) is 0 Å². The molecule has 0 unspecified atom stereocenters. The van der Waals surface area contributed by atoms with Crippen molar-refractivity contribution in [1.82, 2.24) is 0 Å². The van der Waals surface area contributed by atoms with Crippen LogP contribution in [0.4, 0.5) is 9.39 Å². The molecule has 1 aliphatic carbocycles. The van der Waals surface area contributed by atoms with Crippen molar-refractivity contribution in [3.63, 3.8) is 0 Å². The molecular formula is C25H17ClFNO5S. The van der Waals surface area contributed by atoms with Crippen LogP contribution in [0.1, 0.15) is 28.3 Å². The standard InChI is InChI=1S/C25H17ClFNO5S/c1-12-21(22-16(26)3-2-4-17(22)27)23(29)15-8-7-14(11-18(15)32-12)33-25(31)19-9-10-20(34-19)28-24(30)13-5-6-13/h2-4,7-11,13H,5-6H2,1H3,(H,28,30). The van der Waals surface area contributed by atoms with Crippen LogP contribution in [0, 0.1) is 18.7 Å². The van der Waals surface area contributed by atoms with Gasteiger partial charge in [-0.15, -0.1) is 11.3 Å². The molecule has 0 bridgehead atoms. The van der Waals surface area contributed by atoms with Crippen LogP contribution < -0.4 is 15.5 Å². The van der Waals surface area contributed by atoms with Gasteiger partial charge < -0.3 is 14.5 Å². The topological polar surface area (TPSA) is 85.6 Å². The summed E-state index contributed by atoms with van der Waals surface area (Å²) in [6, 6.07) is 11.7. The van der Waals surface area contributed by atoms with E-state index in [9.17, 15) is 18.8 Å². The Morgan fingerprint density at radius 1 is 1.15 bits per heavy atom. The van der Waals surface area contributed by atoms with E-state index in [1.807, 2.05) is 0 Å². The van der Waals surface area contributed by atoms with Gasteiger partial charge in [0.2, 0.25) is 11.3 Å². The lowest BCUT2D eigenvalue weighted by molar-refractivity contribution is -0.117. The van der Waals surface area contributed by atoms with Crippen molar-refractivity contribution in [2.75, 3.05) is 5.32 Å². The SMILES string of the molecule is Cc1oc2cc(OC(=O)c3ccc(NC(=O)C4CC4)s3)ccc2c(=O)c1-c1c(F)cccc1Cl. The average molecular weight is 498 g/mol. The molecule has 0 atom stereocenters. The first kappa shape index (κ1) is 22.3. The highest BCUT2D eigenvalue weighted by Gasteiger charge is 2.30. The summed E-state index contributed by atoms with van der Waals surface area (Å²) in [7, 11) is 0. The van der Waals surface area contributed by atoms with Gasteiger partial charge in [-0.25, -0.2) is 9.18 Å². The molecule has 4 aromatic rings. The molecular weight excluding hydrogens is 481 g/mol. The second kappa shape index (κ2) is 8.70. The lowest BCUT2D eigenvalue weighted by Gasteiger charge is -2.10. The number of hydrogen-bond acceptors (Lipinski definition) is 6. The van der Waals surface area contributed by atoms with E-state index in [1.54, 1.807) is 19.1 Å². The maximum Gasteiger partial charge on any atom is 0.353 e. The normalized spacial score (nSPS) is 13.1. The first-order valence-corrected chi connectivity index (χ1v) is 11.7. The molecule has 1 saturated carbocycles. The molecule has 1 N–H and O–H groups in total. The van der Waals surface area contributed by atoms with E-state index < -0.39 is 17.2 Å². The van der Waals surface area contributed by atoms with Gasteiger partial charge in [0, 0.05) is 17.5 Å². The summed E-state index contributed by atoms with van der Waals surface area (Å²) in [4.78, 5) is 37.9. The summed E-state index contributed by atoms with van der Waals surface area (Å²) in [5.74, 6) is -0.863. The number of halogens is 2. The molecule has 172 valence electrons. The molecule has 0 spiro atoms. The second-order valence-electron chi connectivity index (χ2n) is 7.93. The van der Waals surface area contributed by atoms with Crippen LogP contribution in [-0.4, -0.2) is 11.9 Å². The molecule has 1 amide bonds. The Hall–Kier alpha value is -3.49. The number of anilines is 1. The van der Waals surface area contributed by atoms with Crippen LogP contribution in [0.25, 0.3) is 22.1 Å². The quantitative estimate of drug-likeness (QED) is 0.262. The number of carbonyl (C=O) groups is 2. The molecule has 1 fully saturated rings. The van der Waals surface area contributed by atoms with Gasteiger partial charge in [-0.05, 0) is 56.2 Å². The highest BCUT2D eigenvalue weighted by atomic mass is 35.5. The summed E-state index contributed by atoms with van der Waals surface area (Å²) in [6.07, 6.45) is 1.77. The van der Waals surface area contributed by atoms with E-state index in [-0.39, 0.29) is 50.5 Å². The zero-order valence-corrected chi connectivity index (χ0v) is 19.4. The maximum atomic E-state index is 14.4. The minimum Gasteiger partial charge on any atom is -0.460 e. The zero-order valence-electron chi connectivity index (χ0n) is 17.8. The van der Waals surface area contributed by atoms with Crippen molar-refractivity contribution in [3.05, 3.63) is 80.2 Å². The minimum atomic E-state index is -0.628. The summed E-state index contributed by atoms with van der Waals surface area (Å²) in [6.45, 7) is 1.54. The molecule has 2 aromatic carbocycles. The number of nitrogens with one attached hydrogen (secondary N) is 1. The number of rotatable bonds is 5. The van der Waals surface area contributed by atoms with Crippen molar-refractivity contribution in [2.24, 2.45) is 5.92 Å². The van der Waals surface area contributed by atoms with E-state index in [4.69, 9.17) is 20.8 Å². The smallest absolute Gasteiger partial charge is 0.353 e. The molecule has 9 heteroatoms. The predicted octanol–water partition coefficient (Wildman–Crippen LogP) is 6.19. The number of amides is 1. The third-order valence-corrected chi connectivity index (χ3v) is 6.76. The van der Waals surface area contributed by atoms with Gasteiger partial charge in [-0.3, -0.25) is 9.59 Å². The number of aryl methyl sites for hydroxylation is 1.